The third-order valence-corrected chi connectivity index (χ3v) is 15.6. The van der Waals surface area contributed by atoms with Crippen LogP contribution in [0.3, 0.4) is 0 Å². The van der Waals surface area contributed by atoms with Crippen LogP contribution in [0.25, 0.3) is 32.8 Å². The Hall–Kier alpha value is -6.87. The predicted octanol–water partition coefficient (Wildman–Crippen LogP) is 6.90. The molecule has 0 N–H and O–H groups in total. The van der Waals surface area contributed by atoms with Gasteiger partial charge >= 0.3 is 0 Å². The molecule has 4 nitrogen and oxygen atoms in total. The van der Waals surface area contributed by atoms with E-state index in [2.05, 4.69) is 169 Å². The number of anilines is 3. The van der Waals surface area contributed by atoms with E-state index < -0.39 is 7.14 Å². The van der Waals surface area contributed by atoms with Crippen molar-refractivity contribution in [2.24, 2.45) is 0 Å². The fraction of sp³-hybridized carbons (Fsp3) is 0. The lowest BCUT2D eigenvalue weighted by molar-refractivity contribution is 0.592. The number of rotatable bonds is 5. The fourth-order valence-electron chi connectivity index (χ4n) is 9.96. The van der Waals surface area contributed by atoms with Gasteiger partial charge in [0, 0.05) is 49.6 Å². The second-order valence-corrected chi connectivity index (χ2v) is 17.9. The van der Waals surface area contributed by atoms with Gasteiger partial charge in [-0.25, -0.2) is 0 Å². The van der Waals surface area contributed by atoms with Crippen LogP contribution in [0.4, 0.5) is 17.1 Å². The number of hydrogen-bond donors (Lipinski definition) is 0. The molecule has 1 atom stereocenters. The summed E-state index contributed by atoms with van der Waals surface area (Å²) in [6.45, 7) is -0.343. The molecule has 2 aromatic heterocycles. The van der Waals surface area contributed by atoms with Crippen molar-refractivity contribution in [3.05, 3.63) is 200 Å². The monoisotopic (exact) mass is 758 g/mol. The molecule has 8 aromatic carbocycles. The van der Waals surface area contributed by atoms with Gasteiger partial charge in [-0.2, -0.15) is 0 Å². The standard InChI is InChI=1S/C51H33B2N2O2P/c56-58-48-26-11-8-21-40(48)52(34-28-29-38-37-19-7-10-25-46(37)57-47(38)33-34)43-23-13-24-44(51(43)58)53(41-22-9-12-27-49(41)58)42-30-31-45(39-20-14-32-54-50(39)42)55(35-15-3-1-4-16-35)36-17-5-2-6-18-36/h1-33H. The van der Waals surface area contributed by atoms with Gasteiger partial charge in [0.05, 0.1) is 11.2 Å². The molecule has 2 aliphatic rings. The smallest absolute Gasteiger partial charge is 0.246 e. The minimum absolute atomic E-state index is 0.140. The van der Waals surface area contributed by atoms with Crippen molar-refractivity contribution in [1.82, 2.24) is 4.98 Å². The van der Waals surface area contributed by atoms with Crippen molar-refractivity contribution in [2.45, 2.75) is 0 Å². The van der Waals surface area contributed by atoms with Gasteiger partial charge < -0.3 is 13.9 Å². The van der Waals surface area contributed by atoms with Crippen LogP contribution in [0.2, 0.25) is 0 Å². The van der Waals surface area contributed by atoms with E-state index in [1.54, 1.807) is 0 Å². The van der Waals surface area contributed by atoms with Crippen LogP contribution in [0.5, 0.6) is 0 Å². The number of hydrogen-bond acceptors (Lipinski definition) is 4. The van der Waals surface area contributed by atoms with Crippen molar-refractivity contribution in [1.29, 1.82) is 0 Å². The first kappa shape index (κ1) is 33.3. The molecule has 58 heavy (non-hydrogen) atoms. The largest absolute Gasteiger partial charge is 0.456 e. The average Bonchev–Trinajstić information content (AvgIpc) is 3.66. The summed E-state index contributed by atoms with van der Waals surface area (Å²) in [5.74, 6) is 0. The molecule has 0 amide bonds. The zero-order valence-corrected chi connectivity index (χ0v) is 32.3. The summed E-state index contributed by atoms with van der Waals surface area (Å²) in [5.41, 5.74) is 12.4. The van der Waals surface area contributed by atoms with Gasteiger partial charge in [0.2, 0.25) is 13.4 Å². The highest BCUT2D eigenvalue weighted by Gasteiger charge is 2.50. The number of fused-ring (bicyclic) bond motifs is 8. The van der Waals surface area contributed by atoms with Crippen molar-refractivity contribution < 1.29 is 8.98 Å². The van der Waals surface area contributed by atoms with Gasteiger partial charge in [0.25, 0.3) is 0 Å². The SMILES string of the molecule is O=P12c3ccccc3B(c3ccc4c(c3)oc3ccccc34)c3cccc(c31)B(c1ccc(N(c3ccccc3)c3ccccc3)c3cccnc13)c1ccccc12. The van der Waals surface area contributed by atoms with Crippen LogP contribution in [-0.2, 0) is 4.57 Å². The summed E-state index contributed by atoms with van der Waals surface area (Å²) < 4.78 is 22.9. The first-order valence-corrected chi connectivity index (χ1v) is 21.5. The van der Waals surface area contributed by atoms with Gasteiger partial charge in [0.1, 0.15) is 11.2 Å². The maximum atomic E-state index is 16.5. The van der Waals surface area contributed by atoms with E-state index in [0.717, 1.165) is 98.6 Å². The second kappa shape index (κ2) is 12.8. The molecule has 7 heteroatoms. The van der Waals surface area contributed by atoms with Crippen LogP contribution < -0.4 is 53.6 Å². The van der Waals surface area contributed by atoms with E-state index in [1.165, 1.54) is 0 Å². The lowest BCUT2D eigenvalue weighted by Crippen LogP contribution is -2.74. The highest BCUT2D eigenvalue weighted by Crippen LogP contribution is 2.44. The van der Waals surface area contributed by atoms with Crippen LogP contribution in [0, 0.1) is 0 Å². The molecule has 0 saturated heterocycles. The number of para-hydroxylation sites is 3. The molecule has 270 valence electrons. The Labute approximate surface area is 337 Å². The summed E-state index contributed by atoms with van der Waals surface area (Å²) in [5, 5.41) is 6.02. The molecule has 4 heterocycles. The van der Waals surface area contributed by atoms with Gasteiger partial charge in [-0.15, -0.1) is 0 Å². The summed E-state index contributed by atoms with van der Waals surface area (Å²) in [7, 11) is -3.32. The average molecular weight is 758 g/mol. The Morgan fingerprint density at radius 2 is 1.05 bits per heavy atom. The topological polar surface area (TPSA) is 46.3 Å². The maximum absolute atomic E-state index is 16.5. The van der Waals surface area contributed by atoms with Crippen molar-refractivity contribution in [2.75, 3.05) is 4.90 Å². The highest BCUT2D eigenvalue weighted by atomic mass is 31.2. The third kappa shape index (κ3) is 4.73. The molecular weight excluding hydrogens is 725 g/mol. The zero-order valence-electron chi connectivity index (χ0n) is 31.4. The Morgan fingerprint density at radius 1 is 0.466 bits per heavy atom. The number of furan rings is 1. The highest BCUT2D eigenvalue weighted by molar-refractivity contribution is 7.88. The lowest BCUT2D eigenvalue weighted by Gasteiger charge is -2.40. The van der Waals surface area contributed by atoms with Crippen LogP contribution in [0.1, 0.15) is 0 Å². The molecule has 10 aromatic rings. The van der Waals surface area contributed by atoms with E-state index in [0.29, 0.717) is 0 Å². The Bertz CT molecular complexity index is 3270. The van der Waals surface area contributed by atoms with E-state index in [-0.39, 0.29) is 13.4 Å². The summed E-state index contributed by atoms with van der Waals surface area (Å²) >= 11 is 0. The normalized spacial score (nSPS) is 15.3. The number of benzene rings is 8. The number of nitrogens with zero attached hydrogens (tertiary/aromatic N) is 2. The minimum Gasteiger partial charge on any atom is -0.456 e. The van der Waals surface area contributed by atoms with Gasteiger partial charge in [-0.3, -0.25) is 4.98 Å². The first-order valence-electron chi connectivity index (χ1n) is 19.8. The predicted molar refractivity (Wildman–Crippen MR) is 245 cm³/mol. The summed E-state index contributed by atoms with van der Waals surface area (Å²) in [6, 6.07) is 67.9. The molecule has 12 rings (SSSR count). The van der Waals surface area contributed by atoms with Crippen molar-refractivity contribution in [3.8, 4) is 0 Å². The first-order chi connectivity index (χ1) is 28.7. The lowest BCUT2D eigenvalue weighted by atomic mass is 9.33. The van der Waals surface area contributed by atoms with Crippen LogP contribution >= 0.6 is 7.14 Å². The molecule has 0 saturated carbocycles. The quantitative estimate of drug-likeness (QED) is 0.142. The molecular formula is C51H33B2N2O2P. The van der Waals surface area contributed by atoms with Gasteiger partial charge in [-0.05, 0) is 60.1 Å². The molecule has 2 aliphatic heterocycles. The molecule has 0 aliphatic carbocycles. The van der Waals surface area contributed by atoms with E-state index in [4.69, 9.17) is 9.40 Å². The number of pyridine rings is 1. The summed E-state index contributed by atoms with van der Waals surface area (Å²) in [4.78, 5) is 7.47. The third-order valence-electron chi connectivity index (χ3n) is 12.3. The molecule has 0 radical (unpaired) electrons. The Morgan fingerprint density at radius 3 is 1.79 bits per heavy atom. The Kier molecular flexibility index (Phi) is 7.36. The van der Waals surface area contributed by atoms with E-state index >= 15 is 4.57 Å². The van der Waals surface area contributed by atoms with Crippen LogP contribution in [-0.4, -0.2) is 18.4 Å². The van der Waals surface area contributed by atoms with Gasteiger partial charge in [0.15, 0.2) is 7.14 Å². The summed E-state index contributed by atoms with van der Waals surface area (Å²) in [6.07, 6.45) is 1.89. The molecule has 1 unspecified atom stereocenters. The fourth-order valence-corrected chi connectivity index (χ4v) is 13.6. The molecule has 0 spiro atoms. The molecule has 0 bridgehead atoms. The maximum Gasteiger partial charge on any atom is 0.246 e. The van der Waals surface area contributed by atoms with Gasteiger partial charge in [-0.1, -0.05) is 167 Å². The van der Waals surface area contributed by atoms with Crippen LogP contribution in [0.15, 0.2) is 205 Å². The number of aromatic nitrogens is 1. The minimum atomic E-state index is -3.32. The zero-order chi connectivity index (χ0) is 38.4. The van der Waals surface area contributed by atoms with Crippen molar-refractivity contribution >= 4 is 119 Å². The Balaban J connectivity index is 1.11. The van der Waals surface area contributed by atoms with E-state index in [9.17, 15) is 0 Å². The van der Waals surface area contributed by atoms with E-state index in [1.807, 2.05) is 36.5 Å². The van der Waals surface area contributed by atoms with Crippen molar-refractivity contribution in [3.63, 3.8) is 0 Å². The molecule has 0 fully saturated rings. The second-order valence-electron chi connectivity index (χ2n) is 15.3.